The number of rotatable bonds is 15. The first-order chi connectivity index (χ1) is 16.1. The molecule has 2 aromatic carbocycles. The Morgan fingerprint density at radius 1 is 0.576 bits per heavy atom. The molecule has 33 heavy (non-hydrogen) atoms. The maximum atomic E-state index is 6.31. The van der Waals surface area contributed by atoms with Gasteiger partial charge in [0, 0.05) is 0 Å². The largest absolute Gasteiger partial charge is 0.493 e. The van der Waals surface area contributed by atoms with Gasteiger partial charge in [-0.15, -0.1) is 0 Å². The van der Waals surface area contributed by atoms with Gasteiger partial charge in [-0.3, -0.25) is 0 Å². The topological polar surface area (TPSA) is 9.23 Å². The zero-order valence-corrected chi connectivity index (χ0v) is 22.2. The average Bonchev–Trinajstić information content (AvgIpc) is 3.07. The molecule has 0 spiro atoms. The Bertz CT molecular complexity index is 885. The second-order valence-electron chi connectivity index (χ2n) is 10.5. The van der Waals surface area contributed by atoms with E-state index in [0.29, 0.717) is 6.71 Å². The van der Waals surface area contributed by atoms with Crippen LogP contribution in [0.1, 0.15) is 108 Å². The first-order valence-corrected chi connectivity index (χ1v) is 14.0. The van der Waals surface area contributed by atoms with E-state index in [-0.39, 0.29) is 0 Å². The monoisotopic (exact) mass is 446 g/mol. The molecule has 0 radical (unpaired) electrons. The molecular formula is C31H47BO. The van der Waals surface area contributed by atoms with Gasteiger partial charge in [0.2, 0.25) is 6.71 Å². The maximum Gasteiger partial charge on any atom is 0.210 e. The van der Waals surface area contributed by atoms with Crippen LogP contribution in [0.2, 0.25) is 6.32 Å². The minimum atomic E-state index is 0.548. The summed E-state index contributed by atoms with van der Waals surface area (Å²) in [5, 5.41) is 0. The van der Waals surface area contributed by atoms with Crippen molar-refractivity contribution >= 4 is 17.6 Å². The fraction of sp³-hybridized carbons (Fsp3) is 0.613. The standard InChI is InChI=1S/C31H47BO/c1-6-8-10-12-14-16-18-32-29-21-25(4)24(3)20-27(29)28-23-31(26(5)22-30(28)32)33-19-17-15-13-11-9-7-2/h20-23H,6-19H2,1-5H3. The zero-order chi connectivity index (χ0) is 23.6. The van der Waals surface area contributed by atoms with E-state index in [0.717, 1.165) is 18.8 Å². The van der Waals surface area contributed by atoms with Crippen LogP contribution in [0.25, 0.3) is 11.1 Å². The van der Waals surface area contributed by atoms with Crippen LogP contribution in [0.4, 0.5) is 0 Å². The lowest BCUT2D eigenvalue weighted by Gasteiger charge is -2.14. The van der Waals surface area contributed by atoms with E-state index in [1.807, 2.05) is 0 Å². The van der Waals surface area contributed by atoms with Crippen molar-refractivity contribution in [1.82, 2.24) is 0 Å². The first-order valence-electron chi connectivity index (χ1n) is 14.0. The fourth-order valence-corrected chi connectivity index (χ4v) is 5.42. The molecule has 2 heteroatoms. The van der Waals surface area contributed by atoms with Gasteiger partial charge in [-0.2, -0.15) is 0 Å². The number of benzene rings is 2. The lowest BCUT2D eigenvalue weighted by atomic mass is 9.40. The molecule has 1 aliphatic heterocycles. The molecule has 0 aromatic heterocycles. The van der Waals surface area contributed by atoms with Crippen molar-refractivity contribution < 1.29 is 4.74 Å². The Morgan fingerprint density at radius 2 is 1.09 bits per heavy atom. The Kier molecular flexibility index (Phi) is 10.4. The molecule has 0 fully saturated rings. The zero-order valence-electron chi connectivity index (χ0n) is 22.2. The third-order valence-electron chi connectivity index (χ3n) is 7.66. The Morgan fingerprint density at radius 3 is 1.76 bits per heavy atom. The lowest BCUT2D eigenvalue weighted by molar-refractivity contribution is 0.302. The van der Waals surface area contributed by atoms with Crippen LogP contribution in [-0.4, -0.2) is 13.3 Å². The molecule has 0 saturated heterocycles. The summed E-state index contributed by atoms with van der Waals surface area (Å²) in [6, 6.07) is 9.70. The summed E-state index contributed by atoms with van der Waals surface area (Å²) in [5.74, 6) is 1.09. The van der Waals surface area contributed by atoms with Gasteiger partial charge in [-0.1, -0.05) is 120 Å². The van der Waals surface area contributed by atoms with Gasteiger partial charge < -0.3 is 4.74 Å². The van der Waals surface area contributed by atoms with E-state index >= 15 is 0 Å². The van der Waals surface area contributed by atoms with Crippen LogP contribution in [-0.2, 0) is 0 Å². The Balaban J connectivity index is 1.71. The van der Waals surface area contributed by atoms with Crippen LogP contribution < -0.4 is 15.7 Å². The normalized spacial score (nSPS) is 12.2. The third-order valence-corrected chi connectivity index (χ3v) is 7.66. The van der Waals surface area contributed by atoms with Gasteiger partial charge in [0.25, 0.3) is 0 Å². The summed E-state index contributed by atoms with van der Waals surface area (Å²) in [6.07, 6.45) is 17.3. The molecule has 0 bridgehead atoms. The van der Waals surface area contributed by atoms with Gasteiger partial charge in [-0.25, -0.2) is 0 Å². The molecule has 2 aromatic rings. The van der Waals surface area contributed by atoms with E-state index < -0.39 is 0 Å². The highest BCUT2D eigenvalue weighted by Crippen LogP contribution is 2.32. The number of unbranched alkanes of at least 4 members (excludes halogenated alkanes) is 10. The van der Waals surface area contributed by atoms with E-state index in [2.05, 4.69) is 58.9 Å². The molecule has 0 saturated carbocycles. The second-order valence-corrected chi connectivity index (χ2v) is 10.5. The van der Waals surface area contributed by atoms with Crippen molar-refractivity contribution in [1.29, 1.82) is 0 Å². The first kappa shape index (κ1) is 25.9. The average molecular weight is 447 g/mol. The molecule has 1 heterocycles. The molecule has 0 N–H and O–H groups in total. The van der Waals surface area contributed by atoms with Crippen LogP contribution in [0.5, 0.6) is 5.75 Å². The van der Waals surface area contributed by atoms with E-state index in [9.17, 15) is 0 Å². The minimum absolute atomic E-state index is 0.548. The second kappa shape index (κ2) is 13.3. The van der Waals surface area contributed by atoms with E-state index in [1.165, 1.54) is 110 Å². The highest BCUT2D eigenvalue weighted by Gasteiger charge is 2.32. The smallest absolute Gasteiger partial charge is 0.210 e. The van der Waals surface area contributed by atoms with E-state index in [1.54, 1.807) is 5.46 Å². The molecule has 1 nitrogen and oxygen atoms in total. The maximum absolute atomic E-state index is 6.31. The summed E-state index contributed by atoms with van der Waals surface area (Å²) in [5.41, 5.74) is 10.1. The Hall–Kier alpha value is -1.70. The molecule has 1 aliphatic rings. The van der Waals surface area contributed by atoms with E-state index in [4.69, 9.17) is 4.74 Å². The van der Waals surface area contributed by atoms with Crippen LogP contribution in [0.3, 0.4) is 0 Å². The van der Waals surface area contributed by atoms with Crippen molar-refractivity contribution in [2.75, 3.05) is 6.61 Å². The van der Waals surface area contributed by atoms with Gasteiger partial charge >= 0.3 is 0 Å². The fourth-order valence-electron chi connectivity index (χ4n) is 5.42. The third kappa shape index (κ3) is 6.90. The van der Waals surface area contributed by atoms with Crippen molar-refractivity contribution in [3.8, 4) is 16.9 Å². The summed E-state index contributed by atoms with van der Waals surface area (Å²) in [4.78, 5) is 0. The SMILES string of the molecule is CCCCCCCCOc1cc2c(cc1C)B(CCCCCCCC)c1cc(C)c(C)cc1-2. The summed E-state index contributed by atoms with van der Waals surface area (Å²) in [6.45, 7) is 12.7. The highest BCUT2D eigenvalue weighted by molar-refractivity contribution is 6.89. The van der Waals surface area contributed by atoms with Crippen LogP contribution in [0, 0.1) is 20.8 Å². The molecule has 180 valence electrons. The number of fused-ring (bicyclic) bond motifs is 3. The Labute approximate surface area is 204 Å². The predicted molar refractivity (Wildman–Crippen MR) is 148 cm³/mol. The van der Waals surface area contributed by atoms with Gasteiger partial charge in [0.1, 0.15) is 5.75 Å². The number of hydrogen-bond donors (Lipinski definition) is 0. The summed E-state index contributed by atoms with van der Waals surface area (Å²) < 4.78 is 6.31. The van der Waals surface area contributed by atoms with Crippen LogP contribution >= 0.6 is 0 Å². The molecule has 0 unspecified atom stereocenters. The van der Waals surface area contributed by atoms with Crippen molar-refractivity contribution in [2.45, 2.75) is 118 Å². The van der Waals surface area contributed by atoms with Gasteiger partial charge in [0.15, 0.2) is 0 Å². The molecule has 0 aliphatic carbocycles. The molecule has 0 atom stereocenters. The number of hydrogen-bond acceptors (Lipinski definition) is 1. The molecule has 0 amide bonds. The number of ether oxygens (including phenoxy) is 1. The van der Waals surface area contributed by atoms with Crippen LogP contribution in [0.15, 0.2) is 24.3 Å². The molecular weight excluding hydrogens is 399 g/mol. The minimum Gasteiger partial charge on any atom is -0.493 e. The lowest BCUT2D eigenvalue weighted by Crippen LogP contribution is -2.38. The highest BCUT2D eigenvalue weighted by atomic mass is 16.5. The van der Waals surface area contributed by atoms with Crippen molar-refractivity contribution in [3.63, 3.8) is 0 Å². The molecule has 3 rings (SSSR count). The quantitative estimate of drug-likeness (QED) is 0.197. The van der Waals surface area contributed by atoms with Gasteiger partial charge in [0.05, 0.1) is 6.61 Å². The van der Waals surface area contributed by atoms with Crippen molar-refractivity contribution in [2.24, 2.45) is 0 Å². The van der Waals surface area contributed by atoms with Crippen molar-refractivity contribution in [3.05, 3.63) is 41.0 Å². The predicted octanol–water partition coefficient (Wildman–Crippen LogP) is 8.30. The number of aryl methyl sites for hydroxylation is 3. The summed E-state index contributed by atoms with van der Waals surface area (Å²) >= 11 is 0. The van der Waals surface area contributed by atoms with Gasteiger partial charge in [-0.05, 0) is 61.1 Å². The summed E-state index contributed by atoms with van der Waals surface area (Å²) in [7, 11) is 0.